The molecule has 1 amide bonds. The van der Waals surface area contributed by atoms with E-state index in [0.717, 1.165) is 16.3 Å². The van der Waals surface area contributed by atoms with Crippen molar-refractivity contribution in [3.63, 3.8) is 0 Å². The molecule has 0 saturated carbocycles. The zero-order valence-electron chi connectivity index (χ0n) is 14.9. The summed E-state index contributed by atoms with van der Waals surface area (Å²) in [5, 5.41) is 4.54. The van der Waals surface area contributed by atoms with Gasteiger partial charge < -0.3 is 15.0 Å². The minimum Gasteiger partial charge on any atom is -0.497 e. The summed E-state index contributed by atoms with van der Waals surface area (Å²) in [6.45, 7) is 1.44. The summed E-state index contributed by atoms with van der Waals surface area (Å²) in [4.78, 5) is 32.4. The van der Waals surface area contributed by atoms with Crippen molar-refractivity contribution in [2.24, 2.45) is 0 Å². The SMILES string of the molecule is COc1ccc(NC(=O)c2cc3c([nH]c4ccccc43)c(C(C)=O)n2)cc1. The fraction of sp³-hybridized carbons (Fsp3) is 0.0952. The fourth-order valence-corrected chi connectivity index (χ4v) is 3.09. The molecule has 0 aliphatic carbocycles. The van der Waals surface area contributed by atoms with Crippen LogP contribution in [-0.4, -0.2) is 28.8 Å². The lowest BCUT2D eigenvalue weighted by Crippen LogP contribution is -2.15. The van der Waals surface area contributed by atoms with Gasteiger partial charge in [-0.2, -0.15) is 0 Å². The van der Waals surface area contributed by atoms with Crippen LogP contribution in [0.15, 0.2) is 54.6 Å². The Bertz CT molecular complexity index is 1180. The number of amides is 1. The number of aromatic nitrogens is 2. The molecule has 0 radical (unpaired) electrons. The van der Waals surface area contributed by atoms with Crippen LogP contribution in [0.3, 0.4) is 0 Å². The van der Waals surface area contributed by atoms with Gasteiger partial charge >= 0.3 is 0 Å². The number of anilines is 1. The molecule has 6 nitrogen and oxygen atoms in total. The van der Waals surface area contributed by atoms with E-state index in [1.54, 1.807) is 37.4 Å². The van der Waals surface area contributed by atoms with Crippen LogP contribution in [0.5, 0.6) is 5.75 Å². The summed E-state index contributed by atoms with van der Waals surface area (Å²) in [6, 6.07) is 16.4. The van der Waals surface area contributed by atoms with Crippen molar-refractivity contribution >= 4 is 39.2 Å². The normalized spacial score (nSPS) is 10.9. The number of fused-ring (bicyclic) bond motifs is 3. The maximum absolute atomic E-state index is 12.7. The summed E-state index contributed by atoms with van der Waals surface area (Å²) >= 11 is 0. The Morgan fingerprint density at radius 3 is 2.48 bits per heavy atom. The zero-order chi connectivity index (χ0) is 19.0. The van der Waals surface area contributed by atoms with Crippen molar-refractivity contribution in [2.45, 2.75) is 6.92 Å². The lowest BCUT2D eigenvalue weighted by Gasteiger charge is -2.07. The molecule has 134 valence electrons. The quantitative estimate of drug-likeness (QED) is 0.535. The van der Waals surface area contributed by atoms with Gasteiger partial charge in [-0.1, -0.05) is 18.2 Å². The Morgan fingerprint density at radius 2 is 1.78 bits per heavy atom. The molecular formula is C21H17N3O3. The van der Waals surface area contributed by atoms with Crippen molar-refractivity contribution in [3.8, 4) is 5.75 Å². The third-order valence-corrected chi connectivity index (χ3v) is 4.41. The number of benzene rings is 2. The van der Waals surface area contributed by atoms with E-state index in [1.165, 1.54) is 6.92 Å². The van der Waals surface area contributed by atoms with Crippen molar-refractivity contribution in [2.75, 3.05) is 12.4 Å². The molecular weight excluding hydrogens is 342 g/mol. The number of nitrogens with one attached hydrogen (secondary N) is 2. The number of rotatable bonds is 4. The number of carbonyl (C=O) groups is 2. The maximum Gasteiger partial charge on any atom is 0.274 e. The van der Waals surface area contributed by atoms with Crippen LogP contribution in [0, 0.1) is 0 Å². The fourth-order valence-electron chi connectivity index (χ4n) is 3.09. The number of hydrogen-bond acceptors (Lipinski definition) is 4. The molecule has 0 bridgehead atoms. The number of aromatic amines is 1. The Kier molecular flexibility index (Phi) is 4.08. The molecule has 0 saturated heterocycles. The molecule has 0 fully saturated rings. The lowest BCUT2D eigenvalue weighted by atomic mass is 10.1. The van der Waals surface area contributed by atoms with E-state index < -0.39 is 0 Å². The van der Waals surface area contributed by atoms with Crippen LogP contribution in [0.4, 0.5) is 5.69 Å². The van der Waals surface area contributed by atoms with E-state index in [1.807, 2.05) is 24.3 Å². The first kappa shape index (κ1) is 16.8. The van der Waals surface area contributed by atoms with Gasteiger partial charge in [-0.05, 0) is 36.4 Å². The second kappa shape index (κ2) is 6.57. The first-order valence-electron chi connectivity index (χ1n) is 8.44. The maximum atomic E-state index is 12.7. The number of pyridine rings is 1. The van der Waals surface area contributed by atoms with Gasteiger partial charge in [0.1, 0.15) is 17.1 Å². The highest BCUT2D eigenvalue weighted by Crippen LogP contribution is 2.28. The standard InChI is InChI=1S/C21H17N3O3/c1-12(25)19-20-16(15-5-3-4-6-17(15)23-20)11-18(24-19)21(26)22-13-7-9-14(27-2)10-8-13/h3-11,23H,1-2H3,(H,22,26). The lowest BCUT2D eigenvalue weighted by molar-refractivity contribution is 0.101. The smallest absolute Gasteiger partial charge is 0.274 e. The molecule has 0 atom stereocenters. The third-order valence-electron chi connectivity index (χ3n) is 4.41. The molecule has 2 aromatic carbocycles. The van der Waals surface area contributed by atoms with Gasteiger partial charge in [-0.25, -0.2) is 4.98 Å². The van der Waals surface area contributed by atoms with E-state index in [-0.39, 0.29) is 23.1 Å². The Labute approximate surface area is 155 Å². The number of Topliss-reactive ketones (excluding diaryl/α,β-unsaturated/α-hetero) is 1. The van der Waals surface area contributed by atoms with Crippen LogP contribution in [0.2, 0.25) is 0 Å². The van der Waals surface area contributed by atoms with E-state index in [0.29, 0.717) is 17.0 Å². The number of methoxy groups -OCH3 is 1. The minimum atomic E-state index is -0.380. The number of para-hydroxylation sites is 1. The van der Waals surface area contributed by atoms with Gasteiger partial charge in [0.15, 0.2) is 5.78 Å². The molecule has 2 N–H and O–H groups in total. The number of H-pyrrole nitrogens is 1. The second-order valence-corrected chi connectivity index (χ2v) is 6.19. The second-order valence-electron chi connectivity index (χ2n) is 6.19. The van der Waals surface area contributed by atoms with Gasteiger partial charge in [0.25, 0.3) is 5.91 Å². The highest BCUT2D eigenvalue weighted by Gasteiger charge is 2.18. The van der Waals surface area contributed by atoms with Crippen LogP contribution in [0.1, 0.15) is 27.9 Å². The van der Waals surface area contributed by atoms with Crippen molar-refractivity contribution in [1.29, 1.82) is 0 Å². The third kappa shape index (κ3) is 3.01. The van der Waals surface area contributed by atoms with Crippen LogP contribution in [-0.2, 0) is 0 Å². The van der Waals surface area contributed by atoms with Crippen LogP contribution < -0.4 is 10.1 Å². The number of carbonyl (C=O) groups excluding carboxylic acids is 2. The number of nitrogens with zero attached hydrogens (tertiary/aromatic N) is 1. The molecule has 2 heterocycles. The minimum absolute atomic E-state index is 0.188. The highest BCUT2D eigenvalue weighted by atomic mass is 16.5. The van der Waals surface area contributed by atoms with E-state index >= 15 is 0 Å². The molecule has 4 rings (SSSR count). The Morgan fingerprint density at radius 1 is 1.04 bits per heavy atom. The predicted molar refractivity (Wildman–Crippen MR) is 105 cm³/mol. The molecule has 0 aliphatic rings. The Hall–Kier alpha value is -3.67. The van der Waals surface area contributed by atoms with E-state index in [2.05, 4.69) is 15.3 Å². The van der Waals surface area contributed by atoms with Gasteiger partial charge in [0.2, 0.25) is 0 Å². The molecule has 0 unspecified atom stereocenters. The first-order chi connectivity index (χ1) is 13.1. The Balaban J connectivity index is 1.79. The van der Waals surface area contributed by atoms with Crippen molar-refractivity contribution < 1.29 is 14.3 Å². The molecule has 0 aliphatic heterocycles. The van der Waals surface area contributed by atoms with E-state index in [9.17, 15) is 9.59 Å². The number of ether oxygens (including phenoxy) is 1. The molecule has 2 aromatic heterocycles. The summed E-state index contributed by atoms with van der Waals surface area (Å²) in [5.74, 6) is 0.116. The van der Waals surface area contributed by atoms with Crippen molar-refractivity contribution in [3.05, 3.63) is 66.0 Å². The summed E-state index contributed by atoms with van der Waals surface area (Å²) in [5.41, 5.74) is 2.59. The average Bonchev–Trinajstić information content (AvgIpc) is 3.06. The van der Waals surface area contributed by atoms with E-state index in [4.69, 9.17) is 4.74 Å². The van der Waals surface area contributed by atoms with Crippen molar-refractivity contribution in [1.82, 2.24) is 9.97 Å². The van der Waals surface area contributed by atoms with Gasteiger partial charge in [0, 0.05) is 28.9 Å². The van der Waals surface area contributed by atoms with Crippen LogP contribution in [0.25, 0.3) is 21.8 Å². The topological polar surface area (TPSA) is 84.1 Å². The summed E-state index contributed by atoms with van der Waals surface area (Å²) < 4.78 is 5.12. The summed E-state index contributed by atoms with van der Waals surface area (Å²) in [7, 11) is 1.58. The molecule has 0 spiro atoms. The van der Waals surface area contributed by atoms with Gasteiger partial charge in [-0.3, -0.25) is 9.59 Å². The first-order valence-corrected chi connectivity index (χ1v) is 8.44. The number of ketones is 1. The zero-order valence-corrected chi connectivity index (χ0v) is 14.9. The monoisotopic (exact) mass is 359 g/mol. The van der Waals surface area contributed by atoms with Crippen LogP contribution >= 0.6 is 0 Å². The highest BCUT2D eigenvalue weighted by molar-refractivity contribution is 6.16. The summed E-state index contributed by atoms with van der Waals surface area (Å²) in [6.07, 6.45) is 0. The molecule has 4 aromatic rings. The van der Waals surface area contributed by atoms with Gasteiger partial charge in [0.05, 0.1) is 12.6 Å². The largest absolute Gasteiger partial charge is 0.497 e. The average molecular weight is 359 g/mol. The predicted octanol–water partition coefficient (Wildman–Crippen LogP) is 4.18. The molecule has 27 heavy (non-hydrogen) atoms. The molecule has 6 heteroatoms. The van der Waals surface area contributed by atoms with Gasteiger partial charge in [-0.15, -0.1) is 0 Å². The number of hydrogen-bond donors (Lipinski definition) is 2.